The maximum absolute atomic E-state index is 13.5. The number of amides is 1. The second-order valence-corrected chi connectivity index (χ2v) is 7.37. The molecule has 1 saturated heterocycles. The number of rotatable bonds is 4. The number of hydrogen-bond acceptors (Lipinski definition) is 7. The van der Waals surface area contributed by atoms with Crippen molar-refractivity contribution in [1.82, 2.24) is 25.2 Å². The lowest BCUT2D eigenvalue weighted by molar-refractivity contribution is 0.0685. The van der Waals surface area contributed by atoms with Crippen molar-refractivity contribution in [3.05, 3.63) is 72.3 Å². The molecule has 1 fully saturated rings. The highest BCUT2D eigenvalue weighted by Crippen LogP contribution is 2.29. The number of likely N-dealkylation sites (tertiary alicyclic amines) is 1. The van der Waals surface area contributed by atoms with Crippen LogP contribution in [0.4, 0.5) is 4.39 Å². The van der Waals surface area contributed by atoms with E-state index in [0.29, 0.717) is 36.1 Å². The Labute approximate surface area is 176 Å². The van der Waals surface area contributed by atoms with Crippen molar-refractivity contribution in [2.24, 2.45) is 0 Å². The van der Waals surface area contributed by atoms with Crippen LogP contribution in [-0.2, 0) is 0 Å². The van der Waals surface area contributed by atoms with Gasteiger partial charge in [0.25, 0.3) is 5.91 Å². The fraction of sp³-hybridized carbons (Fsp3) is 0.227. The molecule has 1 atom stereocenters. The van der Waals surface area contributed by atoms with Gasteiger partial charge in [-0.3, -0.25) is 9.78 Å². The number of pyridine rings is 1. The number of hydrogen-bond donors (Lipinski definition) is 0. The molecule has 0 bridgehead atoms. The molecule has 4 heterocycles. The Balaban J connectivity index is 1.31. The van der Waals surface area contributed by atoms with Crippen LogP contribution in [0.5, 0.6) is 0 Å². The third-order valence-electron chi connectivity index (χ3n) is 5.26. The van der Waals surface area contributed by atoms with E-state index in [1.54, 1.807) is 41.6 Å². The van der Waals surface area contributed by atoms with Crippen molar-refractivity contribution in [3.63, 3.8) is 0 Å². The molecule has 0 saturated carbocycles. The Kier molecular flexibility index (Phi) is 4.99. The van der Waals surface area contributed by atoms with E-state index >= 15 is 0 Å². The van der Waals surface area contributed by atoms with Gasteiger partial charge < -0.3 is 13.9 Å². The summed E-state index contributed by atoms with van der Waals surface area (Å²) >= 11 is 0. The van der Waals surface area contributed by atoms with Gasteiger partial charge in [0, 0.05) is 42.7 Å². The summed E-state index contributed by atoms with van der Waals surface area (Å²) in [6, 6.07) is 11.3. The van der Waals surface area contributed by atoms with Crippen LogP contribution in [0.2, 0.25) is 0 Å². The van der Waals surface area contributed by atoms with Crippen molar-refractivity contribution in [2.75, 3.05) is 13.1 Å². The molecule has 1 unspecified atom stereocenters. The zero-order valence-corrected chi connectivity index (χ0v) is 16.4. The zero-order chi connectivity index (χ0) is 21.2. The SMILES string of the molecule is O=C(c1cc(-c2cccnc2)on1)N1CCCC(c2nc(-c3cccc(F)c3)no2)C1. The number of carbonyl (C=O) groups is 1. The Morgan fingerprint density at radius 3 is 2.84 bits per heavy atom. The molecule has 0 N–H and O–H groups in total. The molecule has 3 aromatic heterocycles. The van der Waals surface area contributed by atoms with E-state index in [1.165, 1.54) is 12.1 Å². The van der Waals surface area contributed by atoms with Crippen molar-refractivity contribution in [1.29, 1.82) is 0 Å². The smallest absolute Gasteiger partial charge is 0.276 e. The average molecular weight is 419 g/mol. The minimum absolute atomic E-state index is 0.0998. The largest absolute Gasteiger partial charge is 0.355 e. The quantitative estimate of drug-likeness (QED) is 0.494. The molecule has 0 radical (unpaired) electrons. The van der Waals surface area contributed by atoms with Gasteiger partial charge in [-0.2, -0.15) is 4.98 Å². The van der Waals surface area contributed by atoms with Crippen molar-refractivity contribution in [3.8, 4) is 22.7 Å². The van der Waals surface area contributed by atoms with E-state index in [0.717, 1.165) is 18.4 Å². The first-order valence-electron chi connectivity index (χ1n) is 9.93. The lowest BCUT2D eigenvalue weighted by atomic mass is 9.97. The average Bonchev–Trinajstić information content (AvgIpc) is 3.50. The molecule has 1 aliphatic heterocycles. The Bertz CT molecular complexity index is 1210. The third kappa shape index (κ3) is 3.94. The lowest BCUT2D eigenvalue weighted by Gasteiger charge is -2.30. The van der Waals surface area contributed by atoms with Crippen LogP contribution in [0.25, 0.3) is 22.7 Å². The summed E-state index contributed by atoms with van der Waals surface area (Å²) in [5.74, 6) is 0.576. The molecule has 1 amide bonds. The number of nitrogens with zero attached hydrogens (tertiary/aromatic N) is 5. The zero-order valence-electron chi connectivity index (χ0n) is 16.4. The monoisotopic (exact) mass is 419 g/mol. The summed E-state index contributed by atoms with van der Waals surface area (Å²) in [5, 5.41) is 7.91. The first-order valence-corrected chi connectivity index (χ1v) is 9.93. The van der Waals surface area contributed by atoms with Crippen molar-refractivity contribution >= 4 is 5.91 Å². The number of piperidine rings is 1. The highest BCUT2D eigenvalue weighted by Gasteiger charge is 2.30. The molecule has 1 aliphatic rings. The predicted octanol–water partition coefficient (Wildman–Crippen LogP) is 3.95. The number of carbonyl (C=O) groups excluding carboxylic acids is 1. The molecule has 4 aromatic rings. The van der Waals surface area contributed by atoms with E-state index in [4.69, 9.17) is 9.05 Å². The van der Waals surface area contributed by atoms with E-state index in [9.17, 15) is 9.18 Å². The fourth-order valence-corrected chi connectivity index (χ4v) is 3.69. The van der Waals surface area contributed by atoms with Gasteiger partial charge >= 0.3 is 0 Å². The highest BCUT2D eigenvalue weighted by molar-refractivity contribution is 5.93. The third-order valence-corrected chi connectivity index (χ3v) is 5.26. The standard InChI is InChI=1S/C22H18FN5O3/c23-17-7-1-4-14(10-17)20-25-21(31-27-20)16-6-3-9-28(13-16)22(29)18-11-19(30-26-18)15-5-2-8-24-12-15/h1-2,4-5,7-8,10-12,16H,3,6,9,13H2. The predicted molar refractivity (Wildman–Crippen MR) is 107 cm³/mol. The Hall–Kier alpha value is -3.88. The van der Waals surface area contributed by atoms with Crippen molar-refractivity contribution < 1.29 is 18.2 Å². The molecular formula is C22H18FN5O3. The Morgan fingerprint density at radius 2 is 2.00 bits per heavy atom. The van der Waals surface area contributed by atoms with Crippen LogP contribution < -0.4 is 0 Å². The minimum atomic E-state index is -0.364. The molecule has 9 heteroatoms. The van der Waals surface area contributed by atoms with Gasteiger partial charge in [-0.15, -0.1) is 0 Å². The van der Waals surface area contributed by atoms with Crippen LogP contribution in [0.1, 0.15) is 35.1 Å². The van der Waals surface area contributed by atoms with Gasteiger partial charge in [-0.25, -0.2) is 4.39 Å². The van der Waals surface area contributed by atoms with E-state index in [1.807, 2.05) is 6.07 Å². The second-order valence-electron chi connectivity index (χ2n) is 7.37. The van der Waals surface area contributed by atoms with E-state index in [2.05, 4.69) is 20.3 Å². The maximum atomic E-state index is 13.5. The van der Waals surface area contributed by atoms with Crippen LogP contribution in [0.3, 0.4) is 0 Å². The number of aromatic nitrogens is 4. The van der Waals surface area contributed by atoms with Crippen LogP contribution in [0.15, 0.2) is 63.9 Å². The molecule has 0 aliphatic carbocycles. The first kappa shape index (κ1) is 19.1. The van der Waals surface area contributed by atoms with Gasteiger partial charge in [0.1, 0.15) is 5.82 Å². The maximum Gasteiger partial charge on any atom is 0.276 e. The summed E-state index contributed by atoms with van der Waals surface area (Å²) in [7, 11) is 0. The highest BCUT2D eigenvalue weighted by atomic mass is 19.1. The molecule has 0 spiro atoms. The van der Waals surface area contributed by atoms with E-state index in [-0.39, 0.29) is 23.3 Å². The fourth-order valence-electron chi connectivity index (χ4n) is 3.69. The summed E-state index contributed by atoms with van der Waals surface area (Å²) in [4.78, 5) is 23.2. The summed E-state index contributed by atoms with van der Waals surface area (Å²) in [5.41, 5.74) is 1.54. The van der Waals surface area contributed by atoms with Gasteiger partial charge in [0.05, 0.1) is 5.92 Å². The summed E-state index contributed by atoms with van der Waals surface area (Å²) in [6.07, 6.45) is 4.92. The molecule has 8 nitrogen and oxygen atoms in total. The summed E-state index contributed by atoms with van der Waals surface area (Å²) in [6.45, 7) is 1.04. The van der Waals surface area contributed by atoms with Gasteiger partial charge in [0.2, 0.25) is 11.7 Å². The van der Waals surface area contributed by atoms with Gasteiger partial charge in [-0.1, -0.05) is 22.4 Å². The second kappa shape index (κ2) is 8.10. The van der Waals surface area contributed by atoms with Gasteiger partial charge in [-0.05, 0) is 37.1 Å². The number of halogens is 1. The topological polar surface area (TPSA) is 98.2 Å². The molecule has 31 heavy (non-hydrogen) atoms. The summed E-state index contributed by atoms with van der Waals surface area (Å²) < 4.78 is 24.2. The van der Waals surface area contributed by atoms with Crippen LogP contribution >= 0.6 is 0 Å². The molecule has 5 rings (SSSR count). The molecule has 1 aromatic carbocycles. The molecular weight excluding hydrogens is 401 g/mol. The molecule has 156 valence electrons. The van der Waals surface area contributed by atoms with Crippen molar-refractivity contribution in [2.45, 2.75) is 18.8 Å². The normalized spacial score (nSPS) is 16.4. The Morgan fingerprint density at radius 1 is 1.10 bits per heavy atom. The number of benzene rings is 1. The van der Waals surface area contributed by atoms with Crippen LogP contribution in [0, 0.1) is 5.82 Å². The van der Waals surface area contributed by atoms with Crippen LogP contribution in [-0.4, -0.2) is 44.2 Å². The minimum Gasteiger partial charge on any atom is -0.355 e. The first-order chi connectivity index (χ1) is 15.2. The van der Waals surface area contributed by atoms with E-state index < -0.39 is 0 Å². The van der Waals surface area contributed by atoms with Gasteiger partial charge in [0.15, 0.2) is 11.5 Å². The lowest BCUT2D eigenvalue weighted by Crippen LogP contribution is -2.39.